The maximum atomic E-state index is 12.6. The van der Waals surface area contributed by atoms with Crippen LogP contribution in [-0.2, 0) is 20.8 Å². The molecule has 0 radical (unpaired) electrons. The molecule has 10 nitrogen and oxygen atoms in total. The van der Waals surface area contributed by atoms with Crippen LogP contribution in [0.1, 0.15) is 26.3 Å². The molecule has 0 fully saturated rings. The zero-order valence-electron chi connectivity index (χ0n) is 20.4. The topological polar surface area (TPSA) is 152 Å². The molecule has 5 N–H and O–H groups in total. The second-order valence-corrected chi connectivity index (χ2v) is 8.33. The normalized spacial score (nSPS) is 16.4. The van der Waals surface area contributed by atoms with E-state index in [0.29, 0.717) is 29.1 Å². The summed E-state index contributed by atoms with van der Waals surface area (Å²) in [6.07, 6.45) is 7.01. The fourth-order valence-corrected chi connectivity index (χ4v) is 4.07. The van der Waals surface area contributed by atoms with Crippen LogP contribution in [0.5, 0.6) is 0 Å². The van der Waals surface area contributed by atoms with Gasteiger partial charge < -0.3 is 26.3 Å². The molecule has 0 aliphatic heterocycles. The molecule has 1 aliphatic rings. The quantitative estimate of drug-likeness (QED) is 0.401. The van der Waals surface area contributed by atoms with Crippen molar-refractivity contribution in [3.63, 3.8) is 0 Å². The van der Waals surface area contributed by atoms with Crippen molar-refractivity contribution in [1.82, 2.24) is 15.1 Å². The van der Waals surface area contributed by atoms with Crippen molar-refractivity contribution < 1.29 is 23.9 Å². The second kappa shape index (κ2) is 10.9. The van der Waals surface area contributed by atoms with Gasteiger partial charge in [0.1, 0.15) is 17.1 Å². The number of methoxy groups -OCH3 is 2. The van der Waals surface area contributed by atoms with E-state index in [2.05, 4.69) is 10.4 Å². The molecule has 0 saturated heterocycles. The van der Waals surface area contributed by atoms with E-state index >= 15 is 0 Å². The number of nitrogens with two attached hydrogens (primary N) is 2. The maximum Gasteiger partial charge on any atom is 0.337 e. The smallest absolute Gasteiger partial charge is 0.337 e. The highest BCUT2D eigenvalue weighted by atomic mass is 16.5. The SMILES string of the molecule is COC(=O)c1ccc(-n2nc(-c3ccc(CNC(=O)C4C=CC=CC4OC)cc3)c(C(N)=O)c2N)cc1. The monoisotopic (exact) mass is 501 g/mol. The molecule has 0 saturated carbocycles. The van der Waals surface area contributed by atoms with Crippen molar-refractivity contribution in [2.24, 2.45) is 11.7 Å². The zero-order chi connectivity index (χ0) is 26.5. The first-order valence-electron chi connectivity index (χ1n) is 11.5. The van der Waals surface area contributed by atoms with Gasteiger partial charge in [0.05, 0.1) is 30.4 Å². The van der Waals surface area contributed by atoms with Crippen molar-refractivity contribution >= 4 is 23.6 Å². The first-order valence-corrected chi connectivity index (χ1v) is 11.5. The van der Waals surface area contributed by atoms with Crippen molar-refractivity contribution in [1.29, 1.82) is 0 Å². The first kappa shape index (κ1) is 25.4. The Kier molecular flexibility index (Phi) is 7.49. The molecular formula is C27H27N5O5. The Hall–Kier alpha value is -4.70. The van der Waals surface area contributed by atoms with Gasteiger partial charge in [0.15, 0.2) is 0 Å². The number of nitrogen functional groups attached to an aromatic ring is 1. The Morgan fingerprint density at radius 2 is 1.68 bits per heavy atom. The lowest BCUT2D eigenvalue weighted by Crippen LogP contribution is -2.37. The summed E-state index contributed by atoms with van der Waals surface area (Å²) in [5, 5.41) is 7.45. The van der Waals surface area contributed by atoms with Crippen LogP contribution in [0.15, 0.2) is 72.8 Å². The van der Waals surface area contributed by atoms with Crippen LogP contribution in [0.3, 0.4) is 0 Å². The minimum Gasteiger partial charge on any atom is -0.465 e. The molecule has 2 atom stereocenters. The maximum absolute atomic E-state index is 12.6. The number of anilines is 1. The fourth-order valence-electron chi connectivity index (χ4n) is 4.07. The van der Waals surface area contributed by atoms with Gasteiger partial charge in [-0.15, -0.1) is 0 Å². The minimum absolute atomic E-state index is 0.0759. The Morgan fingerprint density at radius 1 is 1.00 bits per heavy atom. The van der Waals surface area contributed by atoms with E-state index in [1.807, 2.05) is 36.4 Å². The van der Waals surface area contributed by atoms with Gasteiger partial charge in [0.25, 0.3) is 5.91 Å². The van der Waals surface area contributed by atoms with Crippen molar-refractivity contribution in [2.75, 3.05) is 20.0 Å². The standard InChI is InChI=1S/C27H27N5O5/c1-36-21-6-4-3-5-20(21)26(34)30-15-16-7-9-17(10-8-16)23-22(25(29)33)24(28)32(31-23)19-13-11-18(12-14-19)27(35)37-2/h3-14,20-21H,15,28H2,1-2H3,(H2,29,33)(H,30,34). The van der Waals surface area contributed by atoms with Crippen molar-refractivity contribution in [3.8, 4) is 16.9 Å². The average Bonchev–Trinajstić information content (AvgIpc) is 3.28. The highest BCUT2D eigenvalue weighted by Gasteiger charge is 2.25. The molecule has 0 spiro atoms. The van der Waals surface area contributed by atoms with Gasteiger partial charge in [0, 0.05) is 19.2 Å². The fraction of sp³-hybridized carbons (Fsp3) is 0.185. The molecule has 190 valence electrons. The number of nitrogens with one attached hydrogen (secondary N) is 1. The Bertz CT molecular complexity index is 1370. The lowest BCUT2D eigenvalue weighted by atomic mass is 9.96. The van der Waals surface area contributed by atoms with E-state index in [1.54, 1.807) is 43.5 Å². The Morgan fingerprint density at radius 3 is 2.30 bits per heavy atom. The highest BCUT2D eigenvalue weighted by Crippen LogP contribution is 2.29. The van der Waals surface area contributed by atoms with Crippen LogP contribution in [-0.4, -0.2) is 47.9 Å². The van der Waals surface area contributed by atoms with Gasteiger partial charge in [-0.25, -0.2) is 9.48 Å². The molecule has 4 rings (SSSR count). The van der Waals surface area contributed by atoms with Crippen LogP contribution in [0.2, 0.25) is 0 Å². The van der Waals surface area contributed by atoms with Crippen LogP contribution in [0.4, 0.5) is 5.82 Å². The zero-order valence-corrected chi connectivity index (χ0v) is 20.4. The lowest BCUT2D eigenvalue weighted by molar-refractivity contribution is -0.126. The van der Waals surface area contributed by atoms with E-state index in [4.69, 9.17) is 20.9 Å². The summed E-state index contributed by atoms with van der Waals surface area (Å²) in [4.78, 5) is 36.6. The van der Waals surface area contributed by atoms with Gasteiger partial charge >= 0.3 is 5.97 Å². The van der Waals surface area contributed by atoms with Gasteiger partial charge in [-0.2, -0.15) is 5.10 Å². The number of carbonyl (C=O) groups is 3. The number of nitrogens with zero attached hydrogens (tertiary/aromatic N) is 2. The lowest BCUT2D eigenvalue weighted by Gasteiger charge is -2.22. The third kappa shape index (κ3) is 5.29. The molecule has 2 amide bonds. The van der Waals surface area contributed by atoms with Gasteiger partial charge in [-0.1, -0.05) is 48.6 Å². The van der Waals surface area contributed by atoms with E-state index in [1.165, 1.54) is 11.8 Å². The summed E-state index contributed by atoms with van der Waals surface area (Å²) in [5.74, 6) is -1.66. The number of rotatable bonds is 8. The van der Waals surface area contributed by atoms with Crippen LogP contribution < -0.4 is 16.8 Å². The minimum atomic E-state index is -0.719. The highest BCUT2D eigenvalue weighted by molar-refractivity contribution is 6.03. The number of amides is 2. The summed E-state index contributed by atoms with van der Waals surface area (Å²) < 4.78 is 11.5. The average molecular weight is 502 g/mol. The third-order valence-electron chi connectivity index (χ3n) is 6.05. The van der Waals surface area contributed by atoms with Gasteiger partial charge in [-0.3, -0.25) is 9.59 Å². The summed E-state index contributed by atoms with van der Waals surface area (Å²) in [7, 11) is 2.87. The van der Waals surface area contributed by atoms with Crippen molar-refractivity contribution in [3.05, 3.63) is 89.5 Å². The number of ether oxygens (including phenoxy) is 2. The third-order valence-corrected chi connectivity index (χ3v) is 6.05. The number of benzene rings is 2. The first-order chi connectivity index (χ1) is 17.8. The Balaban J connectivity index is 1.54. The van der Waals surface area contributed by atoms with Gasteiger partial charge in [0.2, 0.25) is 5.91 Å². The number of carbonyl (C=O) groups excluding carboxylic acids is 3. The number of esters is 1. The van der Waals surface area contributed by atoms with E-state index < -0.39 is 17.8 Å². The summed E-state index contributed by atoms with van der Waals surface area (Å²) in [6.45, 7) is 0.315. The number of primary amides is 1. The molecule has 1 aromatic heterocycles. The summed E-state index contributed by atoms with van der Waals surface area (Å²) in [6, 6.07) is 13.6. The molecule has 3 aromatic rings. The molecule has 10 heteroatoms. The molecular weight excluding hydrogens is 474 g/mol. The van der Waals surface area contributed by atoms with E-state index in [0.717, 1.165) is 5.56 Å². The molecule has 2 unspecified atom stereocenters. The largest absolute Gasteiger partial charge is 0.465 e. The van der Waals surface area contributed by atoms with Crippen LogP contribution in [0.25, 0.3) is 16.9 Å². The van der Waals surface area contributed by atoms with Crippen LogP contribution in [0, 0.1) is 5.92 Å². The van der Waals surface area contributed by atoms with Gasteiger partial charge in [-0.05, 0) is 29.8 Å². The summed E-state index contributed by atoms with van der Waals surface area (Å²) >= 11 is 0. The summed E-state index contributed by atoms with van der Waals surface area (Å²) in [5.41, 5.74) is 14.7. The Labute approximate surface area is 213 Å². The predicted octanol–water partition coefficient (Wildman–Crippen LogP) is 2.38. The molecule has 2 aromatic carbocycles. The van der Waals surface area contributed by atoms with Crippen LogP contribution >= 0.6 is 0 Å². The number of hydrogen-bond donors (Lipinski definition) is 3. The second-order valence-electron chi connectivity index (χ2n) is 8.33. The van der Waals surface area contributed by atoms with E-state index in [9.17, 15) is 14.4 Å². The molecule has 1 heterocycles. The van der Waals surface area contributed by atoms with Crippen molar-refractivity contribution in [2.45, 2.75) is 12.6 Å². The molecule has 1 aliphatic carbocycles. The number of hydrogen-bond acceptors (Lipinski definition) is 7. The molecule has 37 heavy (non-hydrogen) atoms. The number of aromatic nitrogens is 2. The predicted molar refractivity (Wildman–Crippen MR) is 138 cm³/mol. The van der Waals surface area contributed by atoms with E-state index in [-0.39, 0.29) is 23.4 Å². The number of allylic oxidation sites excluding steroid dienone is 2. The molecule has 0 bridgehead atoms.